The van der Waals surface area contributed by atoms with Crippen LogP contribution in [0.5, 0.6) is 5.75 Å². The van der Waals surface area contributed by atoms with Crippen LogP contribution in [0.1, 0.15) is 60.8 Å². The summed E-state index contributed by atoms with van der Waals surface area (Å²) in [5.74, 6) is 2.82. The molecule has 4 fully saturated rings. The zero-order valence-electron chi connectivity index (χ0n) is 24.7. The number of carbonyl (C=O) groups is 1. The van der Waals surface area contributed by atoms with Gasteiger partial charge in [0.05, 0.1) is 0 Å². The molecule has 2 N–H and O–H groups in total. The highest BCUT2D eigenvalue weighted by atomic mass is 79.9. The van der Waals surface area contributed by atoms with Crippen molar-refractivity contribution in [3.05, 3.63) is 136 Å². The van der Waals surface area contributed by atoms with Gasteiger partial charge in [-0.05, 0) is 103 Å². The average molecular weight is 650 g/mol. The molecule has 0 radical (unpaired) electrons. The Hall–Kier alpha value is -3.74. The van der Waals surface area contributed by atoms with E-state index in [0.717, 1.165) is 33.5 Å². The van der Waals surface area contributed by atoms with Crippen LogP contribution in [0.15, 0.2) is 119 Å². The van der Waals surface area contributed by atoms with Crippen LogP contribution in [0.3, 0.4) is 0 Å². The van der Waals surface area contributed by atoms with Gasteiger partial charge in [0, 0.05) is 10.0 Å². The van der Waals surface area contributed by atoms with Crippen LogP contribution in [0.2, 0.25) is 0 Å². The lowest BCUT2D eigenvalue weighted by molar-refractivity contribution is -0.136. The van der Waals surface area contributed by atoms with E-state index in [2.05, 4.69) is 50.7 Å². The second kappa shape index (κ2) is 12.0. The number of amides is 1. The molecule has 0 aromatic heterocycles. The summed E-state index contributed by atoms with van der Waals surface area (Å²) < 4.78 is 7.20. The lowest BCUT2D eigenvalue weighted by Crippen LogP contribution is -2.48. The van der Waals surface area contributed by atoms with Gasteiger partial charge >= 0.3 is 0 Å². The number of hydrogen-bond acceptors (Lipinski definition) is 4. The number of carbonyl (C=O) groups excluding carboxylic acids is 1. The minimum absolute atomic E-state index is 0.147. The van der Waals surface area contributed by atoms with Crippen molar-refractivity contribution < 1.29 is 14.6 Å². The van der Waals surface area contributed by atoms with Crippen LogP contribution in [0.25, 0.3) is 0 Å². The Morgan fingerprint density at radius 2 is 1.32 bits per heavy atom. The van der Waals surface area contributed by atoms with Gasteiger partial charge in [-0.25, -0.2) is 5.43 Å². The fourth-order valence-corrected chi connectivity index (χ4v) is 8.59. The Kier molecular flexibility index (Phi) is 7.90. The van der Waals surface area contributed by atoms with Gasteiger partial charge in [-0.15, -0.1) is 0 Å². The molecule has 4 aliphatic carbocycles. The molecule has 0 unspecified atom stereocenters. The molecular weight excluding hydrogens is 612 g/mol. The summed E-state index contributed by atoms with van der Waals surface area (Å²) in [6, 6.07) is 34.3. The molecule has 5 nitrogen and oxygen atoms in total. The highest BCUT2D eigenvalue weighted by molar-refractivity contribution is 9.10. The summed E-state index contributed by atoms with van der Waals surface area (Å²) in [4.78, 5) is 13.7. The molecule has 4 aromatic carbocycles. The maximum Gasteiger partial charge on any atom is 0.281 e. The Morgan fingerprint density at radius 1 is 0.795 bits per heavy atom. The zero-order valence-corrected chi connectivity index (χ0v) is 26.2. The molecule has 0 atom stereocenters. The van der Waals surface area contributed by atoms with Gasteiger partial charge in [0.2, 0.25) is 0 Å². The Bertz CT molecular complexity index is 1560. The summed E-state index contributed by atoms with van der Waals surface area (Å²) in [5.41, 5.74) is 4.80. The number of nitrogens with one attached hydrogen (secondary N) is 1. The van der Waals surface area contributed by atoms with Crippen molar-refractivity contribution in [3.8, 4) is 5.75 Å². The van der Waals surface area contributed by atoms with E-state index in [9.17, 15) is 9.90 Å². The topological polar surface area (TPSA) is 70.9 Å². The molecule has 4 aliphatic rings. The number of rotatable bonds is 9. The van der Waals surface area contributed by atoms with E-state index in [0.29, 0.717) is 22.3 Å². The van der Waals surface area contributed by atoms with E-state index in [1.54, 1.807) is 48.5 Å². The second-order valence-electron chi connectivity index (χ2n) is 13.0. The van der Waals surface area contributed by atoms with Crippen LogP contribution < -0.4 is 10.2 Å². The first kappa shape index (κ1) is 29.0. The quantitative estimate of drug-likeness (QED) is 0.144. The van der Waals surface area contributed by atoms with E-state index >= 15 is 0 Å². The van der Waals surface area contributed by atoms with Gasteiger partial charge in [-0.3, -0.25) is 4.79 Å². The van der Waals surface area contributed by atoms with Crippen LogP contribution in [-0.2, 0) is 15.8 Å². The molecule has 44 heavy (non-hydrogen) atoms. The lowest BCUT2D eigenvalue weighted by Gasteiger charge is -2.57. The van der Waals surface area contributed by atoms with Crippen molar-refractivity contribution in [2.24, 2.45) is 22.9 Å². The van der Waals surface area contributed by atoms with Crippen LogP contribution in [0.4, 0.5) is 0 Å². The maximum absolute atomic E-state index is 13.7. The Balaban J connectivity index is 1.11. The predicted octanol–water partition coefficient (Wildman–Crippen LogP) is 7.75. The van der Waals surface area contributed by atoms with Crippen LogP contribution in [-0.4, -0.2) is 23.3 Å². The molecule has 0 heterocycles. The minimum Gasteiger partial charge on any atom is -0.487 e. The smallest absolute Gasteiger partial charge is 0.281 e. The molecule has 8 rings (SSSR count). The van der Waals surface area contributed by atoms with Gasteiger partial charge in [-0.1, -0.05) is 101 Å². The van der Waals surface area contributed by atoms with Crippen molar-refractivity contribution >= 4 is 27.5 Å². The van der Waals surface area contributed by atoms with Crippen LogP contribution >= 0.6 is 15.9 Å². The summed E-state index contributed by atoms with van der Waals surface area (Å²) in [6.07, 6.45) is 8.29. The van der Waals surface area contributed by atoms with Gasteiger partial charge in [-0.2, -0.15) is 5.10 Å². The van der Waals surface area contributed by atoms with E-state index < -0.39 is 11.5 Å². The summed E-state index contributed by atoms with van der Waals surface area (Å²) in [5, 5.41) is 16.4. The number of hydrazone groups is 1. The van der Waals surface area contributed by atoms with E-state index in [1.807, 2.05) is 36.4 Å². The SMILES string of the molecule is O=C(N/N=C(/COc1ccc(C23CC4CC(CC(C4)C2)C3)cc1)c1ccc(Br)cc1)C(O)(c1ccccc1)c1ccccc1. The largest absolute Gasteiger partial charge is 0.487 e. The third kappa shape index (κ3) is 5.62. The van der Waals surface area contributed by atoms with Crippen molar-refractivity contribution in [2.45, 2.75) is 49.5 Å². The molecule has 0 saturated heterocycles. The summed E-state index contributed by atoms with van der Waals surface area (Å²) in [6.45, 7) is 0.147. The normalized spacial score (nSPS) is 24.2. The fourth-order valence-electron chi connectivity index (χ4n) is 8.33. The number of benzene rings is 4. The summed E-state index contributed by atoms with van der Waals surface area (Å²) in [7, 11) is 0. The van der Waals surface area contributed by atoms with E-state index in [4.69, 9.17) is 4.74 Å². The Labute approximate surface area is 267 Å². The predicted molar refractivity (Wildman–Crippen MR) is 176 cm³/mol. The molecule has 0 spiro atoms. The molecular formula is C38H37BrN2O3. The molecule has 4 saturated carbocycles. The number of ether oxygens (including phenoxy) is 1. The second-order valence-corrected chi connectivity index (χ2v) is 13.9. The first-order valence-corrected chi connectivity index (χ1v) is 16.4. The van der Waals surface area contributed by atoms with Crippen LogP contribution in [0, 0.1) is 17.8 Å². The number of aliphatic hydroxyl groups is 1. The molecule has 1 amide bonds. The fraction of sp³-hybridized carbons (Fsp3) is 0.316. The minimum atomic E-state index is -1.93. The van der Waals surface area contributed by atoms with Crippen molar-refractivity contribution in [2.75, 3.05) is 6.61 Å². The monoisotopic (exact) mass is 648 g/mol. The zero-order chi connectivity index (χ0) is 30.1. The third-order valence-electron chi connectivity index (χ3n) is 10.1. The first-order chi connectivity index (χ1) is 21.4. The number of halogens is 1. The standard InChI is InChI=1S/C38H37BrN2O3/c39-33-15-11-29(12-16-33)35(40-41-36(42)38(43,31-7-3-1-4-8-31)32-9-5-2-6-10-32)25-44-34-17-13-30(14-18-34)37-22-26-19-27(23-37)21-28(20-26)24-37/h1-18,26-28,43H,19-25H2,(H,41,42)/b40-35-. The lowest BCUT2D eigenvalue weighted by atomic mass is 9.48. The first-order valence-electron chi connectivity index (χ1n) is 15.6. The van der Waals surface area contributed by atoms with Crippen molar-refractivity contribution in [1.29, 1.82) is 0 Å². The number of hydrogen-bond donors (Lipinski definition) is 2. The number of nitrogens with zero attached hydrogens (tertiary/aromatic N) is 1. The van der Waals surface area contributed by atoms with Gasteiger partial charge < -0.3 is 9.84 Å². The third-order valence-corrected chi connectivity index (χ3v) is 10.6. The summed E-state index contributed by atoms with van der Waals surface area (Å²) >= 11 is 3.50. The maximum atomic E-state index is 13.7. The van der Waals surface area contributed by atoms with Gasteiger partial charge in [0.15, 0.2) is 5.60 Å². The van der Waals surface area contributed by atoms with E-state index in [-0.39, 0.29) is 6.61 Å². The highest BCUT2D eigenvalue weighted by Gasteiger charge is 2.51. The molecule has 224 valence electrons. The van der Waals surface area contributed by atoms with E-state index in [1.165, 1.54) is 44.1 Å². The van der Waals surface area contributed by atoms with Crippen molar-refractivity contribution in [3.63, 3.8) is 0 Å². The molecule has 4 aromatic rings. The molecule has 6 heteroatoms. The highest BCUT2D eigenvalue weighted by Crippen LogP contribution is 2.60. The average Bonchev–Trinajstić information content (AvgIpc) is 3.05. The Morgan fingerprint density at radius 3 is 1.84 bits per heavy atom. The van der Waals surface area contributed by atoms with Gasteiger partial charge in [0.1, 0.15) is 18.1 Å². The van der Waals surface area contributed by atoms with Gasteiger partial charge in [0.25, 0.3) is 5.91 Å². The molecule has 0 aliphatic heterocycles. The molecule has 4 bridgehead atoms. The van der Waals surface area contributed by atoms with Crippen molar-refractivity contribution in [1.82, 2.24) is 5.43 Å².